The van der Waals surface area contributed by atoms with E-state index in [2.05, 4.69) is 65.3 Å². The molecule has 2 aliphatic heterocycles. The summed E-state index contributed by atoms with van der Waals surface area (Å²) in [7, 11) is 0. The van der Waals surface area contributed by atoms with E-state index in [0.29, 0.717) is 6.04 Å². The molecule has 26 heavy (non-hydrogen) atoms. The highest BCUT2D eigenvalue weighted by molar-refractivity contribution is 6.41. The van der Waals surface area contributed by atoms with Crippen molar-refractivity contribution in [2.45, 2.75) is 38.4 Å². The molecule has 3 aromatic carbocycles. The molecule has 2 fully saturated rings. The van der Waals surface area contributed by atoms with Crippen LogP contribution < -0.4 is 0 Å². The molecule has 0 saturated carbocycles. The van der Waals surface area contributed by atoms with Crippen LogP contribution in [0.3, 0.4) is 0 Å². The third-order valence-electron chi connectivity index (χ3n) is 6.56. The Bertz CT molecular complexity index is 910. The van der Waals surface area contributed by atoms with Crippen molar-refractivity contribution in [3.05, 3.63) is 59.1 Å². The zero-order chi connectivity index (χ0) is 17.7. The average Bonchev–Trinajstić information content (AvgIpc) is 3.16. The largest absolute Gasteiger partial charge is 0.298 e. The van der Waals surface area contributed by atoms with Gasteiger partial charge in [-0.2, -0.15) is 0 Å². The second-order valence-corrected chi connectivity index (χ2v) is 8.22. The van der Waals surface area contributed by atoms with Gasteiger partial charge in [0.15, 0.2) is 0 Å². The van der Waals surface area contributed by atoms with Crippen molar-refractivity contribution in [3.63, 3.8) is 0 Å². The first-order chi connectivity index (χ1) is 12.7. The Morgan fingerprint density at radius 3 is 2.15 bits per heavy atom. The number of benzene rings is 3. The van der Waals surface area contributed by atoms with Crippen molar-refractivity contribution in [1.29, 1.82) is 0 Å². The lowest BCUT2D eigenvalue weighted by Crippen LogP contribution is -2.55. The van der Waals surface area contributed by atoms with Crippen LogP contribution in [0, 0.1) is 0 Å². The summed E-state index contributed by atoms with van der Waals surface area (Å²) in [5.41, 5.74) is 1.43. The predicted molar refractivity (Wildman–Crippen MR) is 111 cm³/mol. The average molecular weight is 365 g/mol. The SMILES string of the molecule is C[C@@H]1[C@H]2CCCN2CCN1Cc1c2ccccc2c(Cl)c2ccccc12. The number of nitrogens with zero attached hydrogens (tertiary/aromatic N) is 2. The van der Waals surface area contributed by atoms with Gasteiger partial charge in [-0.1, -0.05) is 60.1 Å². The van der Waals surface area contributed by atoms with Crippen LogP contribution in [-0.4, -0.2) is 41.5 Å². The summed E-state index contributed by atoms with van der Waals surface area (Å²) in [4.78, 5) is 5.38. The van der Waals surface area contributed by atoms with Crippen LogP contribution in [0.15, 0.2) is 48.5 Å². The zero-order valence-corrected chi connectivity index (χ0v) is 16.0. The first kappa shape index (κ1) is 16.6. The van der Waals surface area contributed by atoms with Crippen LogP contribution in [0.1, 0.15) is 25.3 Å². The molecule has 0 spiro atoms. The Labute approximate surface area is 160 Å². The Hall–Kier alpha value is -1.61. The minimum atomic E-state index is 0.611. The quantitative estimate of drug-likeness (QED) is 0.568. The minimum absolute atomic E-state index is 0.611. The van der Waals surface area contributed by atoms with Crippen LogP contribution in [0.5, 0.6) is 0 Å². The first-order valence-electron chi connectivity index (χ1n) is 9.80. The van der Waals surface area contributed by atoms with Crippen LogP contribution in [0.2, 0.25) is 5.02 Å². The summed E-state index contributed by atoms with van der Waals surface area (Å²) >= 11 is 6.77. The number of hydrogen-bond acceptors (Lipinski definition) is 2. The third kappa shape index (κ3) is 2.55. The molecule has 0 aromatic heterocycles. The van der Waals surface area contributed by atoms with E-state index in [4.69, 9.17) is 11.6 Å². The predicted octanol–water partition coefficient (Wildman–Crippen LogP) is 5.31. The summed E-state index contributed by atoms with van der Waals surface area (Å²) in [6.45, 7) is 7.07. The van der Waals surface area contributed by atoms with Crippen LogP contribution >= 0.6 is 11.6 Å². The van der Waals surface area contributed by atoms with Gasteiger partial charge >= 0.3 is 0 Å². The normalized spacial score (nSPS) is 24.4. The molecule has 0 bridgehead atoms. The molecule has 0 amide bonds. The molecule has 2 heterocycles. The molecule has 0 N–H and O–H groups in total. The molecule has 0 aliphatic carbocycles. The Morgan fingerprint density at radius 1 is 0.885 bits per heavy atom. The van der Waals surface area contributed by atoms with Crippen LogP contribution in [0.4, 0.5) is 0 Å². The molecule has 5 rings (SSSR count). The minimum Gasteiger partial charge on any atom is -0.298 e. The maximum Gasteiger partial charge on any atom is 0.0562 e. The fourth-order valence-electron chi connectivity index (χ4n) is 5.14. The molecule has 2 aliphatic rings. The smallest absolute Gasteiger partial charge is 0.0562 e. The van der Waals surface area contributed by atoms with E-state index >= 15 is 0 Å². The van der Waals surface area contributed by atoms with Gasteiger partial charge in [-0.25, -0.2) is 0 Å². The summed E-state index contributed by atoms with van der Waals surface area (Å²) < 4.78 is 0. The molecular formula is C23H25ClN2. The van der Waals surface area contributed by atoms with E-state index in [9.17, 15) is 0 Å². The van der Waals surface area contributed by atoms with Crippen molar-refractivity contribution in [3.8, 4) is 0 Å². The lowest BCUT2D eigenvalue weighted by atomic mass is 9.94. The number of fused-ring (bicyclic) bond motifs is 3. The van der Waals surface area contributed by atoms with Crippen molar-refractivity contribution >= 4 is 33.1 Å². The first-order valence-corrected chi connectivity index (χ1v) is 10.2. The second-order valence-electron chi connectivity index (χ2n) is 7.84. The van der Waals surface area contributed by atoms with E-state index < -0.39 is 0 Å². The fraction of sp³-hybridized carbons (Fsp3) is 0.391. The number of piperazine rings is 1. The number of hydrogen-bond donors (Lipinski definition) is 0. The van der Waals surface area contributed by atoms with Gasteiger partial charge in [-0.15, -0.1) is 0 Å². The van der Waals surface area contributed by atoms with Gasteiger partial charge in [0.2, 0.25) is 0 Å². The van der Waals surface area contributed by atoms with Crippen molar-refractivity contribution < 1.29 is 0 Å². The zero-order valence-electron chi connectivity index (χ0n) is 15.3. The monoisotopic (exact) mass is 364 g/mol. The number of rotatable bonds is 2. The van der Waals surface area contributed by atoms with Crippen LogP contribution in [0.25, 0.3) is 21.5 Å². The van der Waals surface area contributed by atoms with Gasteiger partial charge in [0.25, 0.3) is 0 Å². The number of halogens is 1. The molecule has 3 heteroatoms. The summed E-state index contributed by atoms with van der Waals surface area (Å²) in [5.74, 6) is 0. The second kappa shape index (κ2) is 6.53. The molecule has 2 nitrogen and oxygen atoms in total. The van der Waals surface area contributed by atoms with Gasteiger partial charge in [-0.05, 0) is 42.6 Å². The highest BCUT2D eigenvalue weighted by atomic mass is 35.5. The van der Waals surface area contributed by atoms with Gasteiger partial charge in [0.1, 0.15) is 0 Å². The summed E-state index contributed by atoms with van der Waals surface area (Å²) in [5, 5.41) is 5.84. The topological polar surface area (TPSA) is 6.48 Å². The van der Waals surface area contributed by atoms with Gasteiger partial charge < -0.3 is 0 Å². The highest BCUT2D eigenvalue weighted by Crippen LogP contribution is 2.37. The molecular weight excluding hydrogens is 340 g/mol. The lowest BCUT2D eigenvalue weighted by molar-refractivity contribution is 0.0476. The van der Waals surface area contributed by atoms with E-state index in [1.54, 1.807) is 0 Å². The van der Waals surface area contributed by atoms with Gasteiger partial charge in [0, 0.05) is 42.5 Å². The Morgan fingerprint density at radius 2 is 1.50 bits per heavy atom. The third-order valence-corrected chi connectivity index (χ3v) is 6.97. The van der Waals surface area contributed by atoms with E-state index in [1.165, 1.54) is 53.0 Å². The lowest BCUT2D eigenvalue weighted by Gasteiger charge is -2.43. The summed E-state index contributed by atoms with van der Waals surface area (Å²) in [6.07, 6.45) is 2.70. The van der Waals surface area contributed by atoms with Crippen LogP contribution in [-0.2, 0) is 6.54 Å². The standard InChI is InChI=1S/C23H25ClN2/c1-16-22-11-6-12-25(22)13-14-26(16)15-21-17-7-2-4-9-19(17)23(24)20-10-5-3-8-18(20)21/h2-5,7-10,16,22H,6,11-15H2,1H3/t16-,22-/m1/s1. The fourth-order valence-corrected chi connectivity index (χ4v) is 5.47. The molecule has 3 aromatic rings. The summed E-state index contributed by atoms with van der Waals surface area (Å²) in [6, 6.07) is 18.6. The molecule has 2 atom stereocenters. The Balaban J connectivity index is 1.62. The molecule has 0 unspecified atom stereocenters. The maximum absolute atomic E-state index is 6.77. The van der Waals surface area contributed by atoms with Crippen molar-refractivity contribution in [2.24, 2.45) is 0 Å². The molecule has 2 saturated heterocycles. The van der Waals surface area contributed by atoms with Gasteiger partial charge in [0.05, 0.1) is 5.02 Å². The van der Waals surface area contributed by atoms with Crippen molar-refractivity contribution in [2.75, 3.05) is 19.6 Å². The molecule has 134 valence electrons. The highest BCUT2D eigenvalue weighted by Gasteiger charge is 2.36. The maximum atomic E-state index is 6.77. The van der Waals surface area contributed by atoms with E-state index in [1.807, 2.05) is 0 Å². The van der Waals surface area contributed by atoms with Crippen molar-refractivity contribution in [1.82, 2.24) is 9.80 Å². The van der Waals surface area contributed by atoms with E-state index in [0.717, 1.165) is 24.2 Å². The van der Waals surface area contributed by atoms with Gasteiger partial charge in [-0.3, -0.25) is 9.80 Å². The van der Waals surface area contributed by atoms with E-state index in [-0.39, 0.29) is 0 Å². The Kier molecular flexibility index (Phi) is 4.16. The molecule has 0 radical (unpaired) electrons.